The molecule has 20 heavy (non-hydrogen) atoms. The van der Waals surface area contributed by atoms with Gasteiger partial charge in [0.05, 0.1) is 13.2 Å². The van der Waals surface area contributed by atoms with E-state index in [9.17, 15) is 22.4 Å². The molecule has 0 unspecified atom stereocenters. The lowest BCUT2D eigenvalue weighted by Crippen LogP contribution is -2.37. The first-order valence-electron chi connectivity index (χ1n) is 5.67. The summed E-state index contributed by atoms with van der Waals surface area (Å²) in [6.07, 6.45) is -2.76. The lowest BCUT2D eigenvalue weighted by molar-refractivity contribution is -0.0499. The molecule has 1 amide bonds. The van der Waals surface area contributed by atoms with E-state index in [1.165, 1.54) is 18.2 Å². The van der Waals surface area contributed by atoms with Crippen molar-refractivity contribution in [2.24, 2.45) is 0 Å². The molecular weight excluding hydrogens is 282 g/mol. The van der Waals surface area contributed by atoms with Crippen molar-refractivity contribution in [2.75, 3.05) is 19.7 Å². The Morgan fingerprint density at radius 3 is 2.55 bits per heavy atom. The van der Waals surface area contributed by atoms with Crippen LogP contribution in [0.3, 0.4) is 0 Å². The Kier molecular flexibility index (Phi) is 6.23. The fourth-order valence-electron chi connectivity index (χ4n) is 1.55. The highest BCUT2D eigenvalue weighted by atomic mass is 19.3. The first kappa shape index (κ1) is 16.2. The van der Waals surface area contributed by atoms with Crippen molar-refractivity contribution in [1.82, 2.24) is 4.90 Å². The third kappa shape index (κ3) is 5.04. The Bertz CT molecular complexity index is 442. The summed E-state index contributed by atoms with van der Waals surface area (Å²) in [4.78, 5) is 12.7. The maximum absolute atomic E-state index is 12.3. The summed E-state index contributed by atoms with van der Waals surface area (Å²) in [6.45, 7) is -4.65. The van der Waals surface area contributed by atoms with Crippen molar-refractivity contribution < 1.29 is 32.2 Å². The van der Waals surface area contributed by atoms with Gasteiger partial charge >= 0.3 is 6.61 Å². The first-order valence-corrected chi connectivity index (χ1v) is 5.67. The van der Waals surface area contributed by atoms with E-state index < -0.39 is 32.1 Å². The van der Waals surface area contributed by atoms with E-state index >= 15 is 0 Å². The lowest BCUT2D eigenvalue weighted by atomic mass is 10.2. The Balaban J connectivity index is 2.87. The van der Waals surface area contributed by atoms with Crippen LogP contribution >= 0.6 is 0 Å². The van der Waals surface area contributed by atoms with E-state index in [4.69, 9.17) is 5.11 Å². The maximum Gasteiger partial charge on any atom is 0.387 e. The van der Waals surface area contributed by atoms with Crippen molar-refractivity contribution >= 4 is 5.91 Å². The summed E-state index contributed by atoms with van der Waals surface area (Å²) < 4.78 is 52.9. The molecule has 1 aromatic carbocycles. The van der Waals surface area contributed by atoms with Gasteiger partial charge in [0.2, 0.25) is 0 Å². The number of rotatable bonds is 7. The topological polar surface area (TPSA) is 49.8 Å². The minimum absolute atomic E-state index is 0.0720. The molecular formula is C12H13F4NO3. The second-order valence-corrected chi connectivity index (χ2v) is 3.77. The number of aliphatic hydroxyl groups is 1. The second-order valence-electron chi connectivity index (χ2n) is 3.77. The average Bonchev–Trinajstić information content (AvgIpc) is 2.36. The standard InChI is InChI=1S/C12H13F4NO3/c13-10(14)7-17(4-5-18)11(19)8-2-1-3-9(6-8)20-12(15)16/h1-3,6,10,12,18H,4-5,7H2. The normalized spacial score (nSPS) is 10.9. The number of amides is 1. The zero-order valence-electron chi connectivity index (χ0n) is 10.3. The Morgan fingerprint density at radius 2 is 2.00 bits per heavy atom. The summed E-state index contributed by atoms with van der Waals surface area (Å²) >= 11 is 0. The summed E-state index contributed by atoms with van der Waals surface area (Å²) in [5.41, 5.74) is -0.0720. The average molecular weight is 295 g/mol. The van der Waals surface area contributed by atoms with Crippen LogP contribution in [0.1, 0.15) is 10.4 Å². The molecule has 112 valence electrons. The first-order chi connectivity index (χ1) is 9.43. The van der Waals surface area contributed by atoms with Gasteiger partial charge in [-0.25, -0.2) is 8.78 Å². The molecule has 0 saturated carbocycles. The van der Waals surface area contributed by atoms with Crippen molar-refractivity contribution in [3.63, 3.8) is 0 Å². The molecule has 0 aliphatic carbocycles. The highest BCUT2D eigenvalue weighted by Crippen LogP contribution is 2.17. The summed E-state index contributed by atoms with van der Waals surface area (Å²) in [5, 5.41) is 8.76. The molecule has 0 aliphatic rings. The maximum atomic E-state index is 12.3. The highest BCUT2D eigenvalue weighted by molar-refractivity contribution is 5.94. The number of benzene rings is 1. The predicted octanol–water partition coefficient (Wildman–Crippen LogP) is 1.99. The third-order valence-corrected chi connectivity index (χ3v) is 2.32. The smallest absolute Gasteiger partial charge is 0.387 e. The molecule has 0 bridgehead atoms. The SMILES string of the molecule is O=C(c1cccc(OC(F)F)c1)N(CCO)CC(F)F. The number of halogens is 4. The number of carbonyl (C=O) groups is 1. The van der Waals surface area contributed by atoms with E-state index in [0.29, 0.717) is 0 Å². The second kappa shape index (κ2) is 7.68. The largest absolute Gasteiger partial charge is 0.435 e. The zero-order valence-corrected chi connectivity index (χ0v) is 10.3. The Morgan fingerprint density at radius 1 is 1.30 bits per heavy atom. The van der Waals surface area contributed by atoms with E-state index in [2.05, 4.69) is 4.74 Å². The molecule has 0 radical (unpaired) electrons. The van der Waals surface area contributed by atoms with Crippen LogP contribution in [0, 0.1) is 0 Å². The summed E-state index contributed by atoms with van der Waals surface area (Å²) in [5.74, 6) is -1.04. The van der Waals surface area contributed by atoms with Gasteiger partial charge in [-0.15, -0.1) is 0 Å². The molecule has 1 N–H and O–H groups in total. The van der Waals surface area contributed by atoms with Gasteiger partial charge in [-0.05, 0) is 18.2 Å². The van der Waals surface area contributed by atoms with E-state index in [1.54, 1.807) is 0 Å². The van der Waals surface area contributed by atoms with E-state index in [1.807, 2.05) is 0 Å². The molecule has 0 atom stereocenters. The fourth-order valence-corrected chi connectivity index (χ4v) is 1.55. The molecule has 0 heterocycles. The Labute approximate surface area is 112 Å². The van der Waals surface area contributed by atoms with Crippen LogP contribution in [0.2, 0.25) is 0 Å². The highest BCUT2D eigenvalue weighted by Gasteiger charge is 2.20. The van der Waals surface area contributed by atoms with Crippen molar-refractivity contribution in [1.29, 1.82) is 0 Å². The third-order valence-electron chi connectivity index (χ3n) is 2.32. The van der Waals surface area contributed by atoms with Crippen LogP contribution in [-0.4, -0.2) is 48.6 Å². The number of carbonyl (C=O) groups excluding carboxylic acids is 1. The number of ether oxygens (including phenoxy) is 1. The van der Waals surface area contributed by atoms with Gasteiger partial charge in [-0.3, -0.25) is 4.79 Å². The summed E-state index contributed by atoms with van der Waals surface area (Å²) in [6, 6.07) is 4.83. The molecule has 0 fully saturated rings. The van der Waals surface area contributed by atoms with Crippen LogP contribution < -0.4 is 4.74 Å². The molecule has 0 aromatic heterocycles. The molecule has 1 aromatic rings. The lowest BCUT2D eigenvalue weighted by Gasteiger charge is -2.21. The van der Waals surface area contributed by atoms with Gasteiger partial charge in [-0.2, -0.15) is 8.78 Å². The van der Waals surface area contributed by atoms with E-state index in [-0.39, 0.29) is 17.9 Å². The van der Waals surface area contributed by atoms with Crippen molar-refractivity contribution in [3.8, 4) is 5.75 Å². The van der Waals surface area contributed by atoms with Gasteiger partial charge in [0, 0.05) is 12.1 Å². The van der Waals surface area contributed by atoms with Crippen LogP contribution in [-0.2, 0) is 0 Å². The van der Waals surface area contributed by atoms with Crippen LogP contribution in [0.15, 0.2) is 24.3 Å². The summed E-state index contributed by atoms with van der Waals surface area (Å²) in [7, 11) is 0. The predicted molar refractivity (Wildman–Crippen MR) is 62.1 cm³/mol. The van der Waals surface area contributed by atoms with Gasteiger partial charge in [-0.1, -0.05) is 6.07 Å². The number of nitrogens with zero attached hydrogens (tertiary/aromatic N) is 1. The van der Waals surface area contributed by atoms with Crippen LogP contribution in [0.4, 0.5) is 17.6 Å². The number of hydrogen-bond acceptors (Lipinski definition) is 3. The monoisotopic (exact) mass is 295 g/mol. The van der Waals surface area contributed by atoms with Crippen LogP contribution in [0.25, 0.3) is 0 Å². The van der Waals surface area contributed by atoms with Crippen LogP contribution in [0.5, 0.6) is 5.75 Å². The molecule has 4 nitrogen and oxygen atoms in total. The number of alkyl halides is 4. The van der Waals surface area contributed by atoms with Crippen molar-refractivity contribution in [3.05, 3.63) is 29.8 Å². The van der Waals surface area contributed by atoms with Gasteiger partial charge < -0.3 is 14.7 Å². The Hall–Kier alpha value is -1.83. The quantitative estimate of drug-likeness (QED) is 0.783. The number of hydrogen-bond donors (Lipinski definition) is 1. The molecule has 8 heteroatoms. The molecule has 0 aliphatic heterocycles. The molecule has 1 rings (SSSR count). The molecule has 0 saturated heterocycles. The zero-order chi connectivity index (χ0) is 15.1. The van der Waals surface area contributed by atoms with Gasteiger partial charge in [0.15, 0.2) is 0 Å². The fraction of sp³-hybridized carbons (Fsp3) is 0.417. The minimum Gasteiger partial charge on any atom is -0.435 e. The van der Waals surface area contributed by atoms with Crippen molar-refractivity contribution in [2.45, 2.75) is 13.0 Å². The minimum atomic E-state index is -3.05. The van der Waals surface area contributed by atoms with E-state index in [0.717, 1.165) is 11.0 Å². The van der Waals surface area contributed by atoms with Gasteiger partial charge in [0.25, 0.3) is 12.3 Å². The number of aliphatic hydroxyl groups excluding tert-OH is 1. The molecule has 0 spiro atoms. The van der Waals surface area contributed by atoms with Gasteiger partial charge in [0.1, 0.15) is 5.75 Å².